The van der Waals surface area contributed by atoms with E-state index in [0.717, 1.165) is 10.9 Å². The van der Waals surface area contributed by atoms with Crippen LogP contribution in [-0.2, 0) is 9.84 Å². The molecule has 0 saturated carbocycles. The first-order valence-electron chi connectivity index (χ1n) is 8.08. The van der Waals surface area contributed by atoms with Crippen LogP contribution in [0.4, 0.5) is 0 Å². The van der Waals surface area contributed by atoms with Crippen molar-refractivity contribution in [3.8, 4) is 5.75 Å². The maximum atomic E-state index is 12.2. The number of ether oxygens (including phenoxy) is 1. The van der Waals surface area contributed by atoms with Crippen molar-refractivity contribution in [2.75, 3.05) is 12.4 Å². The molecule has 2 aromatic carbocycles. The van der Waals surface area contributed by atoms with Crippen molar-refractivity contribution in [2.45, 2.75) is 17.7 Å². The standard InChI is InChI=1S/C19H19NO4S/c21-19-11-9-15-8-10-16(14-18(15)20-19)24-12-4-5-13-25(22,23)17-6-2-1-3-7-17/h1-3,6-11,14H,4-5,12-13H2,(H,20,21). The van der Waals surface area contributed by atoms with Gasteiger partial charge in [-0.05, 0) is 48.6 Å². The molecule has 0 radical (unpaired) electrons. The molecule has 0 amide bonds. The van der Waals surface area contributed by atoms with Crippen LogP contribution in [0.15, 0.2) is 70.4 Å². The van der Waals surface area contributed by atoms with E-state index in [4.69, 9.17) is 4.74 Å². The second-order valence-corrected chi connectivity index (χ2v) is 7.87. The average molecular weight is 357 g/mol. The van der Waals surface area contributed by atoms with Gasteiger partial charge in [0.2, 0.25) is 5.56 Å². The molecule has 1 N–H and O–H groups in total. The van der Waals surface area contributed by atoms with Gasteiger partial charge in [-0.3, -0.25) is 4.79 Å². The lowest BCUT2D eigenvalue weighted by molar-refractivity contribution is 0.310. The zero-order valence-electron chi connectivity index (χ0n) is 13.6. The van der Waals surface area contributed by atoms with Gasteiger partial charge in [0, 0.05) is 12.1 Å². The highest BCUT2D eigenvalue weighted by Crippen LogP contribution is 2.18. The highest BCUT2D eigenvalue weighted by Gasteiger charge is 2.12. The van der Waals surface area contributed by atoms with E-state index in [2.05, 4.69) is 4.98 Å². The summed E-state index contributed by atoms with van der Waals surface area (Å²) >= 11 is 0. The van der Waals surface area contributed by atoms with Gasteiger partial charge in [-0.1, -0.05) is 18.2 Å². The van der Waals surface area contributed by atoms with E-state index >= 15 is 0 Å². The highest BCUT2D eigenvalue weighted by molar-refractivity contribution is 7.91. The molecule has 0 aliphatic carbocycles. The lowest BCUT2D eigenvalue weighted by Gasteiger charge is -2.08. The van der Waals surface area contributed by atoms with Crippen molar-refractivity contribution in [1.29, 1.82) is 0 Å². The molecule has 130 valence electrons. The quantitative estimate of drug-likeness (QED) is 0.659. The number of aromatic amines is 1. The molecule has 0 atom stereocenters. The van der Waals surface area contributed by atoms with Gasteiger partial charge < -0.3 is 9.72 Å². The van der Waals surface area contributed by atoms with E-state index in [1.54, 1.807) is 42.5 Å². The van der Waals surface area contributed by atoms with Gasteiger partial charge in [0.05, 0.1) is 22.8 Å². The minimum atomic E-state index is -3.23. The first-order valence-corrected chi connectivity index (χ1v) is 9.73. The number of H-pyrrole nitrogens is 1. The number of nitrogens with one attached hydrogen (secondary N) is 1. The number of pyridine rings is 1. The third-order valence-electron chi connectivity index (χ3n) is 3.88. The van der Waals surface area contributed by atoms with Crippen LogP contribution in [0.1, 0.15) is 12.8 Å². The average Bonchev–Trinajstić information content (AvgIpc) is 2.62. The number of rotatable bonds is 7. The molecule has 25 heavy (non-hydrogen) atoms. The Labute approximate surface area is 146 Å². The van der Waals surface area contributed by atoms with Crippen LogP contribution in [-0.4, -0.2) is 25.8 Å². The summed E-state index contributed by atoms with van der Waals surface area (Å²) in [5, 5.41) is 0.931. The maximum Gasteiger partial charge on any atom is 0.248 e. The van der Waals surface area contributed by atoms with E-state index in [1.807, 2.05) is 12.1 Å². The van der Waals surface area contributed by atoms with Crippen molar-refractivity contribution in [1.82, 2.24) is 4.98 Å². The van der Waals surface area contributed by atoms with Gasteiger partial charge >= 0.3 is 0 Å². The maximum absolute atomic E-state index is 12.2. The lowest BCUT2D eigenvalue weighted by atomic mass is 10.2. The number of aromatic nitrogens is 1. The molecule has 0 fully saturated rings. The Bertz CT molecular complexity index is 1010. The molecular weight excluding hydrogens is 338 g/mol. The fraction of sp³-hybridized carbons (Fsp3) is 0.211. The van der Waals surface area contributed by atoms with Gasteiger partial charge in [0.1, 0.15) is 5.75 Å². The molecule has 0 unspecified atom stereocenters. The summed E-state index contributed by atoms with van der Waals surface area (Å²) < 4.78 is 30.0. The van der Waals surface area contributed by atoms with Crippen LogP contribution in [0.5, 0.6) is 5.75 Å². The molecule has 1 heterocycles. The number of hydrogen-bond acceptors (Lipinski definition) is 4. The highest BCUT2D eigenvalue weighted by atomic mass is 32.2. The normalized spacial score (nSPS) is 11.5. The topological polar surface area (TPSA) is 76.2 Å². The molecular formula is C19H19NO4S. The van der Waals surface area contributed by atoms with Crippen molar-refractivity contribution < 1.29 is 13.2 Å². The number of unbranched alkanes of at least 4 members (excludes halogenated alkanes) is 1. The molecule has 6 heteroatoms. The summed E-state index contributed by atoms with van der Waals surface area (Å²) in [5.74, 6) is 0.756. The first-order chi connectivity index (χ1) is 12.0. The van der Waals surface area contributed by atoms with E-state index in [1.165, 1.54) is 6.07 Å². The number of hydrogen-bond donors (Lipinski definition) is 1. The minimum Gasteiger partial charge on any atom is -0.494 e. The number of fused-ring (bicyclic) bond motifs is 1. The third kappa shape index (κ3) is 4.48. The van der Waals surface area contributed by atoms with Crippen LogP contribution >= 0.6 is 0 Å². The van der Waals surface area contributed by atoms with Crippen molar-refractivity contribution in [2.24, 2.45) is 0 Å². The van der Waals surface area contributed by atoms with Crippen molar-refractivity contribution in [3.63, 3.8) is 0 Å². The molecule has 0 saturated heterocycles. The minimum absolute atomic E-state index is 0.103. The van der Waals surface area contributed by atoms with Crippen LogP contribution in [0.2, 0.25) is 0 Å². The largest absolute Gasteiger partial charge is 0.494 e. The van der Waals surface area contributed by atoms with E-state index < -0.39 is 9.84 Å². The van der Waals surface area contributed by atoms with Gasteiger partial charge in [0.15, 0.2) is 9.84 Å². The van der Waals surface area contributed by atoms with Crippen LogP contribution in [0, 0.1) is 0 Å². The smallest absolute Gasteiger partial charge is 0.248 e. The third-order valence-corrected chi connectivity index (χ3v) is 5.69. The molecule has 3 aromatic rings. The Morgan fingerprint density at radius 1 is 0.920 bits per heavy atom. The molecule has 0 spiro atoms. The van der Waals surface area contributed by atoms with Crippen molar-refractivity contribution >= 4 is 20.7 Å². The summed E-state index contributed by atoms with van der Waals surface area (Å²) in [6.07, 6.45) is 1.16. The lowest BCUT2D eigenvalue weighted by Crippen LogP contribution is -2.08. The molecule has 0 aliphatic rings. The van der Waals surface area contributed by atoms with E-state index in [-0.39, 0.29) is 11.3 Å². The number of benzene rings is 2. The van der Waals surface area contributed by atoms with Crippen LogP contribution < -0.4 is 10.3 Å². The monoisotopic (exact) mass is 357 g/mol. The zero-order chi connectivity index (χ0) is 17.7. The fourth-order valence-electron chi connectivity index (χ4n) is 2.55. The Morgan fingerprint density at radius 3 is 2.48 bits per heavy atom. The van der Waals surface area contributed by atoms with Gasteiger partial charge in [-0.25, -0.2) is 8.42 Å². The predicted molar refractivity (Wildman–Crippen MR) is 97.8 cm³/mol. The zero-order valence-corrected chi connectivity index (χ0v) is 14.5. The SMILES string of the molecule is O=c1ccc2ccc(OCCCCS(=O)(=O)c3ccccc3)cc2[nH]1. The van der Waals surface area contributed by atoms with Crippen LogP contribution in [0.3, 0.4) is 0 Å². The Kier molecular flexibility index (Phi) is 5.19. The second kappa shape index (κ2) is 7.53. The summed E-state index contributed by atoms with van der Waals surface area (Å²) in [6.45, 7) is 0.423. The molecule has 0 aliphatic heterocycles. The fourth-order valence-corrected chi connectivity index (χ4v) is 3.94. The van der Waals surface area contributed by atoms with Crippen LogP contribution in [0.25, 0.3) is 10.9 Å². The van der Waals surface area contributed by atoms with E-state index in [9.17, 15) is 13.2 Å². The summed E-state index contributed by atoms with van der Waals surface area (Å²) in [4.78, 5) is 14.5. The molecule has 3 rings (SSSR count). The van der Waals surface area contributed by atoms with Gasteiger partial charge in [-0.15, -0.1) is 0 Å². The Balaban J connectivity index is 1.51. The number of sulfone groups is 1. The Hall–Kier alpha value is -2.60. The molecule has 1 aromatic heterocycles. The first kappa shape index (κ1) is 17.2. The molecule has 5 nitrogen and oxygen atoms in total. The second-order valence-electron chi connectivity index (χ2n) is 5.76. The van der Waals surface area contributed by atoms with Gasteiger partial charge in [-0.2, -0.15) is 0 Å². The van der Waals surface area contributed by atoms with Gasteiger partial charge in [0.25, 0.3) is 0 Å². The molecule has 0 bridgehead atoms. The van der Waals surface area contributed by atoms with E-state index in [0.29, 0.717) is 30.1 Å². The summed E-state index contributed by atoms with van der Waals surface area (Å²) in [5.41, 5.74) is 0.562. The summed E-state index contributed by atoms with van der Waals surface area (Å²) in [6, 6.07) is 17.2. The Morgan fingerprint density at radius 2 is 1.68 bits per heavy atom. The van der Waals surface area contributed by atoms with Crippen molar-refractivity contribution in [3.05, 3.63) is 71.0 Å². The summed E-state index contributed by atoms with van der Waals surface area (Å²) in [7, 11) is -3.23. The predicted octanol–water partition coefficient (Wildman–Crippen LogP) is 3.16.